The third-order valence-electron chi connectivity index (χ3n) is 2.16. The summed E-state index contributed by atoms with van der Waals surface area (Å²) in [4.78, 5) is 0. The Morgan fingerprint density at radius 2 is 1.07 bits per heavy atom. The predicted octanol–water partition coefficient (Wildman–Crippen LogP) is 6.69. The maximum atomic E-state index is 2.35. The van der Waals surface area contributed by atoms with Crippen LogP contribution in [0.2, 0.25) is 0 Å². The molecule has 0 aliphatic carbocycles. The zero-order valence-corrected chi connectivity index (χ0v) is 13.3. The van der Waals surface area contributed by atoms with Crippen LogP contribution in [0.4, 0.5) is 0 Å². The molecule has 0 N–H and O–H groups in total. The van der Waals surface area contributed by atoms with Gasteiger partial charge in [-0.1, -0.05) is 88.5 Å². The highest BCUT2D eigenvalue weighted by Crippen LogP contribution is 2.26. The maximum absolute atomic E-state index is 2.35. The number of rotatable bonds is 4. The SMILES string of the molecule is CC.CC.CC.CCCCC(C)(C)CC. The topological polar surface area (TPSA) is 0 Å². The summed E-state index contributed by atoms with van der Waals surface area (Å²) in [5.41, 5.74) is 0.593. The van der Waals surface area contributed by atoms with Crippen molar-refractivity contribution in [3.8, 4) is 0 Å². The number of hydrogen-bond donors (Lipinski definition) is 0. The van der Waals surface area contributed by atoms with E-state index in [0.717, 1.165) is 0 Å². The Kier molecular flexibility index (Phi) is 38.3. The number of hydrogen-bond acceptors (Lipinski definition) is 0. The standard InChI is InChI=1S/C9H20.3C2H6/c1-5-7-8-9(3,4)6-2;3*1-2/h5-8H2,1-4H3;3*1-2H3. The first kappa shape index (κ1) is 24.3. The Hall–Kier alpha value is 0. The highest BCUT2D eigenvalue weighted by molar-refractivity contribution is 4.64. The van der Waals surface area contributed by atoms with E-state index < -0.39 is 0 Å². The monoisotopic (exact) mass is 218 g/mol. The summed E-state index contributed by atoms with van der Waals surface area (Å²) in [5.74, 6) is 0. The molecule has 0 aliphatic rings. The van der Waals surface area contributed by atoms with E-state index in [2.05, 4.69) is 27.7 Å². The van der Waals surface area contributed by atoms with E-state index in [9.17, 15) is 0 Å². The first-order valence-electron chi connectivity index (χ1n) is 7.12. The van der Waals surface area contributed by atoms with E-state index in [1.54, 1.807) is 0 Å². The Bertz CT molecular complexity index is 62.4. The third kappa shape index (κ3) is 31.5. The minimum Gasteiger partial charge on any atom is -0.0683 e. The number of unbranched alkanes of at least 4 members (excludes halogenated alkanes) is 1. The van der Waals surface area contributed by atoms with Gasteiger partial charge in [-0.3, -0.25) is 0 Å². The largest absolute Gasteiger partial charge is 0.0683 e. The van der Waals surface area contributed by atoms with Crippen LogP contribution in [0.3, 0.4) is 0 Å². The highest BCUT2D eigenvalue weighted by atomic mass is 14.2. The zero-order chi connectivity index (χ0) is 13.3. The quantitative estimate of drug-likeness (QED) is 0.493. The predicted molar refractivity (Wildman–Crippen MR) is 77.6 cm³/mol. The van der Waals surface area contributed by atoms with Gasteiger partial charge in [0.1, 0.15) is 0 Å². The smallest absolute Gasteiger partial charge is 0.0357 e. The normalized spacial score (nSPS) is 8.40. The van der Waals surface area contributed by atoms with Crippen molar-refractivity contribution in [3.63, 3.8) is 0 Å². The average Bonchev–Trinajstić information content (AvgIpc) is 2.34. The van der Waals surface area contributed by atoms with Crippen molar-refractivity contribution in [2.75, 3.05) is 0 Å². The van der Waals surface area contributed by atoms with E-state index in [-0.39, 0.29) is 0 Å². The van der Waals surface area contributed by atoms with E-state index in [4.69, 9.17) is 0 Å². The van der Waals surface area contributed by atoms with Crippen LogP contribution in [0.25, 0.3) is 0 Å². The van der Waals surface area contributed by atoms with E-state index >= 15 is 0 Å². The fourth-order valence-electron chi connectivity index (χ4n) is 0.832. The van der Waals surface area contributed by atoms with Crippen LogP contribution in [-0.4, -0.2) is 0 Å². The summed E-state index contributed by atoms with van der Waals surface area (Å²) in [6.07, 6.45) is 5.43. The van der Waals surface area contributed by atoms with Crippen LogP contribution >= 0.6 is 0 Å². The lowest BCUT2D eigenvalue weighted by Gasteiger charge is -2.21. The molecule has 0 rings (SSSR count). The Morgan fingerprint density at radius 1 is 0.733 bits per heavy atom. The molecule has 98 valence electrons. The molecule has 0 saturated heterocycles. The Labute approximate surface area is 101 Å². The summed E-state index contributed by atoms with van der Waals surface area (Å²) >= 11 is 0. The van der Waals surface area contributed by atoms with Crippen molar-refractivity contribution in [1.29, 1.82) is 0 Å². The second-order valence-corrected chi connectivity index (χ2v) is 3.62. The van der Waals surface area contributed by atoms with Crippen molar-refractivity contribution in [2.24, 2.45) is 5.41 Å². The van der Waals surface area contributed by atoms with Gasteiger partial charge in [-0.05, 0) is 11.8 Å². The van der Waals surface area contributed by atoms with Crippen molar-refractivity contribution in [3.05, 3.63) is 0 Å². The van der Waals surface area contributed by atoms with Crippen molar-refractivity contribution < 1.29 is 0 Å². The third-order valence-corrected chi connectivity index (χ3v) is 2.16. The van der Waals surface area contributed by atoms with Crippen LogP contribution in [0.5, 0.6) is 0 Å². The molecule has 15 heavy (non-hydrogen) atoms. The van der Waals surface area contributed by atoms with E-state index in [1.807, 2.05) is 41.5 Å². The van der Waals surface area contributed by atoms with Crippen LogP contribution in [-0.2, 0) is 0 Å². The minimum atomic E-state index is 0.593. The van der Waals surface area contributed by atoms with Gasteiger partial charge in [0.2, 0.25) is 0 Å². The summed E-state index contributed by atoms with van der Waals surface area (Å²) in [5, 5.41) is 0. The lowest BCUT2D eigenvalue weighted by Crippen LogP contribution is -2.08. The van der Waals surface area contributed by atoms with Gasteiger partial charge in [0.05, 0.1) is 0 Å². The van der Waals surface area contributed by atoms with Crippen LogP contribution in [0.1, 0.15) is 94.9 Å². The van der Waals surface area contributed by atoms with Gasteiger partial charge in [-0.15, -0.1) is 0 Å². The second-order valence-electron chi connectivity index (χ2n) is 3.62. The molecule has 0 heterocycles. The molecule has 0 aromatic heterocycles. The molecule has 0 fully saturated rings. The lowest BCUT2D eigenvalue weighted by molar-refractivity contribution is 0.311. The summed E-state index contributed by atoms with van der Waals surface area (Å²) in [7, 11) is 0. The summed E-state index contributed by atoms with van der Waals surface area (Å²) in [6, 6.07) is 0. The molecule has 0 aromatic carbocycles. The molecular formula is C15H38. The van der Waals surface area contributed by atoms with Crippen molar-refractivity contribution in [1.82, 2.24) is 0 Å². The lowest BCUT2D eigenvalue weighted by atomic mass is 9.85. The van der Waals surface area contributed by atoms with Gasteiger partial charge < -0.3 is 0 Å². The molecule has 0 spiro atoms. The van der Waals surface area contributed by atoms with Crippen LogP contribution in [0.15, 0.2) is 0 Å². The van der Waals surface area contributed by atoms with Crippen LogP contribution in [0, 0.1) is 5.41 Å². The summed E-state index contributed by atoms with van der Waals surface area (Å²) in [6.45, 7) is 21.2. The molecule has 0 aromatic rings. The fourth-order valence-corrected chi connectivity index (χ4v) is 0.832. The summed E-state index contributed by atoms with van der Waals surface area (Å²) < 4.78 is 0. The maximum Gasteiger partial charge on any atom is -0.0357 e. The molecule has 0 atom stereocenters. The Morgan fingerprint density at radius 3 is 1.27 bits per heavy atom. The fraction of sp³-hybridized carbons (Fsp3) is 1.00. The second kappa shape index (κ2) is 23.7. The molecule has 0 unspecified atom stereocenters. The highest BCUT2D eigenvalue weighted by Gasteiger charge is 2.12. The molecule has 0 bridgehead atoms. The first-order chi connectivity index (χ1) is 7.12. The molecular weight excluding hydrogens is 180 g/mol. The molecule has 0 nitrogen and oxygen atoms in total. The molecule has 0 amide bonds. The Balaban J connectivity index is -0.0000000860. The van der Waals surface area contributed by atoms with Crippen LogP contribution < -0.4 is 0 Å². The average molecular weight is 218 g/mol. The van der Waals surface area contributed by atoms with Gasteiger partial charge in [-0.2, -0.15) is 0 Å². The zero-order valence-electron chi connectivity index (χ0n) is 13.3. The molecule has 0 heteroatoms. The van der Waals surface area contributed by atoms with E-state index in [0.29, 0.717) is 5.41 Å². The molecule has 0 saturated carbocycles. The molecule has 0 radical (unpaired) electrons. The minimum absolute atomic E-state index is 0.593. The first-order valence-corrected chi connectivity index (χ1v) is 7.12. The van der Waals surface area contributed by atoms with E-state index in [1.165, 1.54) is 25.7 Å². The van der Waals surface area contributed by atoms with Gasteiger partial charge in [-0.25, -0.2) is 0 Å². The van der Waals surface area contributed by atoms with Gasteiger partial charge >= 0.3 is 0 Å². The van der Waals surface area contributed by atoms with Gasteiger partial charge in [0.15, 0.2) is 0 Å². The van der Waals surface area contributed by atoms with Gasteiger partial charge in [0, 0.05) is 0 Å². The van der Waals surface area contributed by atoms with Crippen molar-refractivity contribution >= 4 is 0 Å². The molecule has 0 aliphatic heterocycles. The van der Waals surface area contributed by atoms with Crippen molar-refractivity contribution in [2.45, 2.75) is 94.9 Å². The van der Waals surface area contributed by atoms with Gasteiger partial charge in [0.25, 0.3) is 0 Å².